The van der Waals surface area contributed by atoms with Crippen molar-refractivity contribution in [1.29, 1.82) is 0 Å². The first-order valence-corrected chi connectivity index (χ1v) is 18.3. The Labute approximate surface area is 323 Å². The van der Waals surface area contributed by atoms with E-state index in [9.17, 15) is 14.7 Å². The van der Waals surface area contributed by atoms with Gasteiger partial charge < -0.3 is 31.5 Å². The minimum absolute atomic E-state index is 0.00645. The highest BCUT2D eigenvalue weighted by Gasteiger charge is 2.74. The molecule has 1 aromatic heterocycles. The molecule has 12 heteroatoms. The average Bonchev–Trinajstić information content (AvgIpc) is 3.69. The maximum atomic E-state index is 15.2. The molecule has 56 heavy (non-hydrogen) atoms. The average molecular weight is 747 g/mol. The van der Waals surface area contributed by atoms with Crippen molar-refractivity contribution in [2.24, 2.45) is 11.7 Å². The fourth-order valence-electron chi connectivity index (χ4n) is 8.57. The predicted molar refractivity (Wildman–Crippen MR) is 207 cm³/mol. The molecule has 0 radical (unpaired) electrons. The van der Waals surface area contributed by atoms with E-state index < -0.39 is 59.4 Å². The van der Waals surface area contributed by atoms with Gasteiger partial charge in [-0.3, -0.25) is 24.3 Å². The van der Waals surface area contributed by atoms with E-state index in [0.29, 0.717) is 28.8 Å². The topological polar surface area (TPSA) is 176 Å². The van der Waals surface area contributed by atoms with Gasteiger partial charge in [-0.25, -0.2) is 4.79 Å². The number of carbonyl (C=O) groups is 4. The van der Waals surface area contributed by atoms with Gasteiger partial charge in [-0.05, 0) is 64.7 Å². The standard InChI is InChI=1S/C44H38N6O6/c45-43(55)48-24-9-10-27-16-21-34-33(26-27)44(42(54)49-34)35(40(52)47-25-22-31-15-7-8-23-46-31)37-41(53)56-38(29-13-5-2-6-14-29)36(28-11-3-1-4-12-28)50(37)39(44)30-17-19-32(51)20-18-30/h1-8,11-21,23,26,35-39,51H,22,24-25H2,(H,47,52)(H,49,54)(H3,45,48,55)/t35-,36-,37-,38+,39+,44-/m0/s1. The zero-order valence-corrected chi connectivity index (χ0v) is 30.1. The number of primary amides is 1. The van der Waals surface area contributed by atoms with Crippen LogP contribution < -0.4 is 21.7 Å². The van der Waals surface area contributed by atoms with Crippen molar-refractivity contribution in [2.45, 2.75) is 36.1 Å². The van der Waals surface area contributed by atoms with Gasteiger partial charge in [-0.2, -0.15) is 0 Å². The monoisotopic (exact) mass is 746 g/mol. The van der Waals surface area contributed by atoms with Crippen LogP contribution in [0.3, 0.4) is 0 Å². The van der Waals surface area contributed by atoms with Gasteiger partial charge in [0.15, 0.2) is 0 Å². The molecular formula is C44H38N6O6. The summed E-state index contributed by atoms with van der Waals surface area (Å²) in [5.41, 5.74) is 7.90. The summed E-state index contributed by atoms with van der Waals surface area (Å²) in [7, 11) is 0. The fourth-order valence-corrected chi connectivity index (χ4v) is 8.57. The highest BCUT2D eigenvalue weighted by molar-refractivity contribution is 6.12. The number of fused-ring (bicyclic) bond motifs is 3. The summed E-state index contributed by atoms with van der Waals surface area (Å²) in [6.45, 7) is 0.184. The second-order valence-electron chi connectivity index (χ2n) is 14.0. The summed E-state index contributed by atoms with van der Waals surface area (Å²) in [6.07, 6.45) is 1.28. The van der Waals surface area contributed by atoms with Crippen molar-refractivity contribution in [3.8, 4) is 17.6 Å². The van der Waals surface area contributed by atoms with Crippen molar-refractivity contribution in [2.75, 3.05) is 18.4 Å². The molecule has 4 amide bonds. The molecule has 0 bridgehead atoms. The second-order valence-corrected chi connectivity index (χ2v) is 14.0. The lowest BCUT2D eigenvalue weighted by Crippen LogP contribution is -2.55. The Bertz CT molecular complexity index is 2350. The summed E-state index contributed by atoms with van der Waals surface area (Å²) in [5, 5.41) is 19.1. The number of phenolic OH excluding ortho intramolecular Hbond substituents is 1. The number of phenols is 1. The molecule has 12 nitrogen and oxygen atoms in total. The first-order valence-electron chi connectivity index (χ1n) is 18.3. The van der Waals surface area contributed by atoms with Crippen LogP contribution in [0.5, 0.6) is 5.75 Å². The highest BCUT2D eigenvalue weighted by Crippen LogP contribution is 2.64. The highest BCUT2D eigenvalue weighted by atomic mass is 16.6. The maximum Gasteiger partial charge on any atom is 0.324 e. The number of ether oxygens (including phenoxy) is 1. The number of pyridine rings is 1. The number of nitrogens with two attached hydrogens (primary N) is 1. The quantitative estimate of drug-likeness (QED) is 0.114. The van der Waals surface area contributed by atoms with Gasteiger partial charge in [-0.1, -0.05) is 90.7 Å². The number of nitrogens with zero attached hydrogens (tertiary/aromatic N) is 2. The number of hydrogen-bond acceptors (Lipinski definition) is 8. The lowest BCUT2D eigenvalue weighted by Gasteiger charge is -2.46. The summed E-state index contributed by atoms with van der Waals surface area (Å²) >= 11 is 0. The van der Waals surface area contributed by atoms with E-state index in [1.54, 1.807) is 36.5 Å². The van der Waals surface area contributed by atoms with Gasteiger partial charge in [0.05, 0.1) is 24.5 Å². The van der Waals surface area contributed by atoms with Gasteiger partial charge >= 0.3 is 12.0 Å². The van der Waals surface area contributed by atoms with Crippen LogP contribution in [-0.4, -0.2) is 57.9 Å². The summed E-state index contributed by atoms with van der Waals surface area (Å²) in [5.74, 6) is 3.01. The fraction of sp³-hybridized carbons (Fsp3) is 0.205. The van der Waals surface area contributed by atoms with Crippen LogP contribution >= 0.6 is 0 Å². The van der Waals surface area contributed by atoms with Gasteiger partial charge in [0, 0.05) is 36.1 Å². The van der Waals surface area contributed by atoms with Crippen molar-refractivity contribution >= 4 is 29.5 Å². The van der Waals surface area contributed by atoms with Gasteiger partial charge in [-0.15, -0.1) is 0 Å². The van der Waals surface area contributed by atoms with Crippen molar-refractivity contribution in [1.82, 2.24) is 20.5 Å². The molecule has 2 saturated heterocycles. The largest absolute Gasteiger partial charge is 0.508 e. The molecule has 3 aliphatic heterocycles. The van der Waals surface area contributed by atoms with Gasteiger partial charge in [0.2, 0.25) is 11.8 Å². The van der Waals surface area contributed by atoms with Crippen LogP contribution in [0.1, 0.15) is 51.7 Å². The summed E-state index contributed by atoms with van der Waals surface area (Å²) in [6, 6.07) is 32.8. The number of nitrogens with one attached hydrogen (secondary N) is 3. The third-order valence-corrected chi connectivity index (χ3v) is 10.8. The summed E-state index contributed by atoms with van der Waals surface area (Å²) in [4.78, 5) is 62.8. The minimum Gasteiger partial charge on any atom is -0.508 e. The van der Waals surface area contributed by atoms with Crippen LogP contribution in [0, 0.1) is 17.8 Å². The molecule has 2 fully saturated rings. The van der Waals surface area contributed by atoms with E-state index in [0.717, 1.165) is 16.8 Å². The van der Waals surface area contributed by atoms with E-state index in [1.807, 2.05) is 83.8 Å². The number of cyclic esters (lactones) is 1. The third kappa shape index (κ3) is 6.37. The predicted octanol–water partition coefficient (Wildman–Crippen LogP) is 4.44. The molecule has 6 N–H and O–H groups in total. The van der Waals surface area contributed by atoms with Gasteiger partial charge in [0.25, 0.3) is 0 Å². The number of benzene rings is 4. The minimum atomic E-state index is -1.72. The van der Waals surface area contributed by atoms with E-state index in [-0.39, 0.29) is 18.8 Å². The Balaban J connectivity index is 1.36. The van der Waals surface area contributed by atoms with Crippen LogP contribution in [0.15, 0.2) is 128 Å². The maximum absolute atomic E-state index is 15.2. The molecule has 0 aliphatic carbocycles. The molecule has 280 valence electrons. The summed E-state index contributed by atoms with van der Waals surface area (Å²) < 4.78 is 6.44. The first kappa shape index (κ1) is 36.0. The number of urea groups is 1. The van der Waals surface area contributed by atoms with E-state index >= 15 is 9.59 Å². The number of anilines is 1. The molecular weight excluding hydrogens is 709 g/mol. The van der Waals surface area contributed by atoms with E-state index in [2.05, 4.69) is 32.8 Å². The van der Waals surface area contributed by atoms with Crippen molar-refractivity contribution < 1.29 is 29.0 Å². The number of aromatic hydroxyl groups is 1. The Kier molecular flexibility index (Phi) is 9.68. The zero-order chi connectivity index (χ0) is 38.8. The van der Waals surface area contributed by atoms with Gasteiger partial charge in [0.1, 0.15) is 23.3 Å². The van der Waals surface area contributed by atoms with Crippen LogP contribution in [-0.2, 0) is 31.0 Å². The van der Waals surface area contributed by atoms with Crippen molar-refractivity contribution in [3.05, 3.63) is 161 Å². The van der Waals surface area contributed by atoms with E-state index in [1.165, 1.54) is 12.1 Å². The molecule has 3 aliphatic rings. The number of aromatic nitrogens is 1. The Morgan fingerprint density at radius 2 is 1.57 bits per heavy atom. The van der Waals surface area contributed by atoms with Crippen LogP contribution in [0.2, 0.25) is 0 Å². The Hall–Kier alpha value is -6.97. The smallest absolute Gasteiger partial charge is 0.324 e. The second kappa shape index (κ2) is 15.0. The number of rotatable bonds is 8. The third-order valence-electron chi connectivity index (χ3n) is 10.8. The lowest BCUT2D eigenvalue weighted by molar-refractivity contribution is -0.178. The molecule has 6 atom stereocenters. The SMILES string of the molecule is NC(=O)NCC#Cc1ccc2c(c1)[C@]1(C(=O)N2)[C@H](C(=O)NCCc2ccccn2)[C@H]2C(=O)O[C@H](c3ccccc3)[C@H](c3ccccc3)N2[C@@H]1c1ccc(O)cc1. The van der Waals surface area contributed by atoms with E-state index in [4.69, 9.17) is 10.5 Å². The van der Waals surface area contributed by atoms with Crippen LogP contribution in [0.25, 0.3) is 0 Å². The molecule has 1 spiro atoms. The number of carbonyl (C=O) groups excluding carboxylic acids is 4. The number of esters is 1. The molecule has 5 aromatic rings. The molecule has 4 heterocycles. The molecule has 0 saturated carbocycles. The van der Waals surface area contributed by atoms with Crippen LogP contribution in [0.4, 0.5) is 10.5 Å². The molecule has 0 unspecified atom stereocenters. The van der Waals surface area contributed by atoms with Crippen molar-refractivity contribution in [3.63, 3.8) is 0 Å². The Morgan fingerprint density at radius 3 is 2.27 bits per heavy atom. The lowest BCUT2D eigenvalue weighted by atomic mass is 9.65. The first-order chi connectivity index (χ1) is 27.3. The molecule has 8 rings (SSSR count). The normalized spacial score (nSPS) is 23.5. The zero-order valence-electron chi connectivity index (χ0n) is 30.1. The number of hydrogen-bond donors (Lipinski definition) is 5. The number of morpholine rings is 1. The number of amides is 4. The molecule has 4 aromatic carbocycles. The Morgan fingerprint density at radius 1 is 0.857 bits per heavy atom.